The zero-order chi connectivity index (χ0) is 15.1. The zero-order valence-electron chi connectivity index (χ0n) is 12.5. The van der Waals surface area contributed by atoms with E-state index in [1.54, 1.807) is 11.8 Å². The second-order valence-electron chi connectivity index (χ2n) is 4.95. The quantitative estimate of drug-likeness (QED) is 0.785. The first-order valence-electron chi connectivity index (χ1n) is 7.24. The average Bonchev–Trinajstić information content (AvgIpc) is 2.55. The number of carbonyl (C=O) groups is 1. The van der Waals surface area contributed by atoms with E-state index in [0.29, 0.717) is 5.56 Å². The van der Waals surface area contributed by atoms with Crippen molar-refractivity contribution in [1.82, 2.24) is 5.32 Å². The van der Waals surface area contributed by atoms with Gasteiger partial charge in [0.2, 0.25) is 0 Å². The molecule has 0 spiro atoms. The molecule has 1 amide bonds. The average molecular weight is 299 g/mol. The van der Waals surface area contributed by atoms with Crippen LogP contribution in [0.4, 0.5) is 0 Å². The second kappa shape index (κ2) is 7.89. The van der Waals surface area contributed by atoms with E-state index in [1.807, 2.05) is 48.7 Å². The molecular formula is C18H21NOS. The van der Waals surface area contributed by atoms with E-state index in [1.165, 1.54) is 4.90 Å². The Bertz CT molecular complexity index is 566. The van der Waals surface area contributed by atoms with Crippen molar-refractivity contribution in [2.45, 2.75) is 30.7 Å². The number of thioether (sulfide) groups is 1. The highest BCUT2D eigenvalue weighted by Gasteiger charge is 2.14. The van der Waals surface area contributed by atoms with E-state index in [-0.39, 0.29) is 11.9 Å². The highest BCUT2D eigenvalue weighted by Crippen LogP contribution is 2.20. The summed E-state index contributed by atoms with van der Waals surface area (Å²) in [6.45, 7) is 2.13. The first-order chi connectivity index (χ1) is 10.2. The molecule has 0 unspecified atom stereocenters. The topological polar surface area (TPSA) is 29.1 Å². The lowest BCUT2D eigenvalue weighted by Crippen LogP contribution is -2.28. The van der Waals surface area contributed by atoms with Crippen LogP contribution in [0.5, 0.6) is 0 Å². The molecule has 1 N–H and O–H groups in total. The van der Waals surface area contributed by atoms with Crippen molar-refractivity contribution >= 4 is 17.7 Å². The van der Waals surface area contributed by atoms with E-state index in [4.69, 9.17) is 0 Å². The van der Waals surface area contributed by atoms with Crippen LogP contribution in [0.2, 0.25) is 0 Å². The van der Waals surface area contributed by atoms with Gasteiger partial charge in [-0.25, -0.2) is 0 Å². The minimum Gasteiger partial charge on any atom is -0.345 e. The molecule has 2 aromatic rings. The zero-order valence-corrected chi connectivity index (χ0v) is 13.3. The SMILES string of the molecule is CCC[C@@H](NC(=O)c1ccc(SC)cc1)c1ccccc1. The number of nitrogens with one attached hydrogen (secondary N) is 1. The Morgan fingerprint density at radius 1 is 1.10 bits per heavy atom. The van der Waals surface area contributed by atoms with Crippen LogP contribution in [0.1, 0.15) is 41.7 Å². The molecule has 0 saturated carbocycles. The Morgan fingerprint density at radius 3 is 2.33 bits per heavy atom. The van der Waals surface area contributed by atoms with Crippen LogP contribution in [0, 0.1) is 0 Å². The van der Waals surface area contributed by atoms with Gasteiger partial charge in [-0.3, -0.25) is 4.79 Å². The highest BCUT2D eigenvalue weighted by molar-refractivity contribution is 7.98. The molecule has 0 radical (unpaired) electrons. The van der Waals surface area contributed by atoms with Crippen LogP contribution in [0.3, 0.4) is 0 Å². The third-order valence-corrected chi connectivity index (χ3v) is 4.18. The minimum absolute atomic E-state index is 0.00930. The molecule has 0 aliphatic heterocycles. The molecule has 0 fully saturated rings. The van der Waals surface area contributed by atoms with Gasteiger partial charge in [0.25, 0.3) is 5.91 Å². The first-order valence-corrected chi connectivity index (χ1v) is 8.47. The Balaban J connectivity index is 2.10. The maximum Gasteiger partial charge on any atom is 0.251 e. The lowest BCUT2D eigenvalue weighted by atomic mass is 10.0. The largest absolute Gasteiger partial charge is 0.345 e. The summed E-state index contributed by atoms with van der Waals surface area (Å²) >= 11 is 1.68. The number of hydrogen-bond acceptors (Lipinski definition) is 2. The van der Waals surface area contributed by atoms with Crippen molar-refractivity contribution in [3.05, 3.63) is 65.7 Å². The van der Waals surface area contributed by atoms with Crippen molar-refractivity contribution in [2.24, 2.45) is 0 Å². The van der Waals surface area contributed by atoms with Crippen LogP contribution in [0.15, 0.2) is 59.5 Å². The third-order valence-electron chi connectivity index (χ3n) is 3.44. The molecule has 2 aromatic carbocycles. The number of rotatable bonds is 6. The van der Waals surface area contributed by atoms with E-state index < -0.39 is 0 Å². The predicted molar refractivity (Wildman–Crippen MR) is 89.8 cm³/mol. The maximum absolute atomic E-state index is 12.4. The monoisotopic (exact) mass is 299 g/mol. The third kappa shape index (κ3) is 4.36. The van der Waals surface area contributed by atoms with Crippen molar-refractivity contribution in [2.75, 3.05) is 6.26 Å². The number of benzene rings is 2. The van der Waals surface area contributed by atoms with E-state index in [9.17, 15) is 4.79 Å². The molecule has 0 aliphatic carbocycles. The molecule has 2 nitrogen and oxygen atoms in total. The molecule has 2 rings (SSSR count). The highest BCUT2D eigenvalue weighted by atomic mass is 32.2. The molecule has 0 heterocycles. The van der Waals surface area contributed by atoms with Gasteiger partial charge in [-0.1, -0.05) is 43.7 Å². The van der Waals surface area contributed by atoms with Gasteiger partial charge < -0.3 is 5.32 Å². The van der Waals surface area contributed by atoms with Gasteiger partial charge in [-0.05, 0) is 42.5 Å². The van der Waals surface area contributed by atoms with Gasteiger partial charge >= 0.3 is 0 Å². The molecule has 0 aromatic heterocycles. The summed E-state index contributed by atoms with van der Waals surface area (Å²) < 4.78 is 0. The van der Waals surface area contributed by atoms with E-state index in [0.717, 1.165) is 18.4 Å². The molecule has 0 bridgehead atoms. The maximum atomic E-state index is 12.4. The number of amides is 1. The molecular weight excluding hydrogens is 278 g/mol. The normalized spacial score (nSPS) is 11.9. The summed E-state index contributed by atoms with van der Waals surface area (Å²) in [5.41, 5.74) is 1.87. The van der Waals surface area contributed by atoms with E-state index >= 15 is 0 Å². The molecule has 110 valence electrons. The summed E-state index contributed by atoms with van der Waals surface area (Å²) in [5, 5.41) is 3.14. The summed E-state index contributed by atoms with van der Waals surface area (Å²) in [6.07, 6.45) is 4.01. The van der Waals surface area contributed by atoms with Crippen LogP contribution in [-0.4, -0.2) is 12.2 Å². The van der Waals surface area contributed by atoms with Gasteiger partial charge in [0.05, 0.1) is 6.04 Å². The molecule has 0 saturated heterocycles. The summed E-state index contributed by atoms with van der Waals surface area (Å²) in [7, 11) is 0. The summed E-state index contributed by atoms with van der Waals surface area (Å²) in [6, 6.07) is 18.0. The number of carbonyl (C=O) groups excluding carboxylic acids is 1. The minimum atomic E-state index is -0.00930. The first kappa shape index (κ1) is 15.6. The van der Waals surface area contributed by atoms with Crippen LogP contribution in [0.25, 0.3) is 0 Å². The molecule has 3 heteroatoms. The summed E-state index contributed by atoms with van der Waals surface area (Å²) in [4.78, 5) is 13.6. The standard InChI is InChI=1S/C18H21NOS/c1-3-7-17(14-8-5-4-6-9-14)19-18(20)15-10-12-16(21-2)13-11-15/h4-6,8-13,17H,3,7H2,1-2H3,(H,19,20)/t17-/m1/s1. The fourth-order valence-corrected chi connectivity index (χ4v) is 2.69. The van der Waals surface area contributed by atoms with Crippen molar-refractivity contribution in [1.29, 1.82) is 0 Å². The van der Waals surface area contributed by atoms with Gasteiger partial charge in [-0.2, -0.15) is 0 Å². The number of hydrogen-bond donors (Lipinski definition) is 1. The predicted octanol–water partition coefficient (Wildman–Crippen LogP) is 4.68. The Morgan fingerprint density at radius 2 is 1.76 bits per heavy atom. The van der Waals surface area contributed by atoms with Crippen LogP contribution < -0.4 is 5.32 Å². The Hall–Kier alpha value is -1.74. The Labute approximate surface area is 131 Å². The van der Waals surface area contributed by atoms with Gasteiger partial charge in [0, 0.05) is 10.5 Å². The molecule has 1 atom stereocenters. The van der Waals surface area contributed by atoms with Crippen molar-refractivity contribution in [3.63, 3.8) is 0 Å². The summed E-state index contributed by atoms with van der Waals surface area (Å²) in [5.74, 6) is -0.00930. The molecule has 21 heavy (non-hydrogen) atoms. The van der Waals surface area contributed by atoms with Gasteiger partial charge in [0.15, 0.2) is 0 Å². The Kier molecular flexibility index (Phi) is 5.88. The van der Waals surface area contributed by atoms with Crippen LogP contribution in [-0.2, 0) is 0 Å². The lowest BCUT2D eigenvalue weighted by Gasteiger charge is -2.18. The van der Waals surface area contributed by atoms with Gasteiger partial charge in [-0.15, -0.1) is 11.8 Å². The van der Waals surface area contributed by atoms with Crippen molar-refractivity contribution < 1.29 is 4.79 Å². The second-order valence-corrected chi connectivity index (χ2v) is 5.83. The lowest BCUT2D eigenvalue weighted by molar-refractivity contribution is 0.0934. The van der Waals surface area contributed by atoms with E-state index in [2.05, 4.69) is 24.4 Å². The fourth-order valence-electron chi connectivity index (χ4n) is 2.28. The van der Waals surface area contributed by atoms with Crippen molar-refractivity contribution in [3.8, 4) is 0 Å². The molecule has 0 aliphatic rings. The van der Waals surface area contributed by atoms with Crippen LogP contribution >= 0.6 is 11.8 Å². The smallest absolute Gasteiger partial charge is 0.251 e. The van der Waals surface area contributed by atoms with Gasteiger partial charge in [0.1, 0.15) is 0 Å². The fraction of sp³-hybridized carbons (Fsp3) is 0.278.